The van der Waals surface area contributed by atoms with Crippen molar-refractivity contribution in [2.24, 2.45) is 11.8 Å². The lowest BCUT2D eigenvalue weighted by molar-refractivity contribution is -0.131. The van der Waals surface area contributed by atoms with Crippen molar-refractivity contribution < 1.29 is 28.7 Å². The average molecular weight is 951 g/mol. The first kappa shape index (κ1) is 47.2. The molecule has 364 valence electrons. The highest BCUT2D eigenvalue weighted by Gasteiger charge is 2.34. The summed E-state index contributed by atoms with van der Waals surface area (Å²) in [5.41, 5.74) is 4.54. The Morgan fingerprint density at radius 2 is 1.04 bits per heavy atom. The van der Waals surface area contributed by atoms with E-state index >= 15 is 0 Å². The highest BCUT2D eigenvalue weighted by Crippen LogP contribution is 2.39. The van der Waals surface area contributed by atoms with Crippen molar-refractivity contribution in [1.82, 2.24) is 58.6 Å². The third kappa shape index (κ3) is 9.32. The van der Waals surface area contributed by atoms with Gasteiger partial charge in [0.05, 0.1) is 60.9 Å². The number of fused-ring (bicyclic) bond motifs is 4. The van der Waals surface area contributed by atoms with E-state index in [0.29, 0.717) is 57.1 Å². The molecule has 0 aliphatic heterocycles. The Balaban J connectivity index is 0.000000174. The van der Waals surface area contributed by atoms with Crippen LogP contribution in [0.2, 0.25) is 0 Å². The number of ether oxygens (including phenoxy) is 2. The zero-order valence-corrected chi connectivity index (χ0v) is 40.6. The van der Waals surface area contributed by atoms with E-state index in [-0.39, 0.29) is 47.8 Å². The van der Waals surface area contributed by atoms with Crippen molar-refractivity contribution >= 4 is 68.1 Å². The molecule has 10 rings (SSSR count). The van der Waals surface area contributed by atoms with Gasteiger partial charge in [-0.1, -0.05) is 13.8 Å². The molecule has 0 radical (unpaired) electrons. The molecule has 6 heterocycles. The van der Waals surface area contributed by atoms with Gasteiger partial charge < -0.3 is 29.9 Å². The number of hydrogen-bond donors (Lipinski definition) is 2. The Hall–Kier alpha value is -7.90. The molecule has 2 unspecified atom stereocenters. The van der Waals surface area contributed by atoms with Crippen molar-refractivity contribution in [2.75, 3.05) is 38.9 Å². The van der Waals surface area contributed by atoms with Gasteiger partial charge in [-0.3, -0.25) is 28.5 Å². The van der Waals surface area contributed by atoms with Crippen LogP contribution in [0.3, 0.4) is 0 Å². The standard InChI is InChI=1S/2C25H29N7O3/c2*1-15-10-18(30(3)16(2)33)6-7-22(15)32-14-17-11-19(23(35-4)12-20(17)29-32)25(34)28-21-13-27-31-9-5-8-26-24(21)31/h2*5,8-9,11-15,18,22H,6-7,10H2,1-4H3,(H,28,34)/t2*15-,18?,22-/m00/s1. The summed E-state index contributed by atoms with van der Waals surface area (Å²) in [6, 6.07) is 11.7. The molecule has 2 aromatic carbocycles. The highest BCUT2D eigenvalue weighted by molar-refractivity contribution is 6.10. The second kappa shape index (κ2) is 19.6. The predicted octanol–water partition coefficient (Wildman–Crippen LogP) is 7.10. The summed E-state index contributed by atoms with van der Waals surface area (Å²) in [5, 5.41) is 25.6. The monoisotopic (exact) mass is 950 g/mol. The molecule has 0 spiro atoms. The van der Waals surface area contributed by atoms with Crippen molar-refractivity contribution in [2.45, 2.75) is 90.4 Å². The number of amides is 4. The second-order valence-corrected chi connectivity index (χ2v) is 18.5. The average Bonchev–Trinajstić information content (AvgIpc) is 4.17. The van der Waals surface area contributed by atoms with Gasteiger partial charge in [0, 0.05) is 100 Å². The van der Waals surface area contributed by atoms with Crippen molar-refractivity contribution in [3.63, 3.8) is 0 Å². The molecule has 0 saturated heterocycles. The van der Waals surface area contributed by atoms with E-state index in [0.717, 1.165) is 60.3 Å². The zero-order chi connectivity index (χ0) is 49.4. The van der Waals surface area contributed by atoms with Crippen LogP contribution in [0.1, 0.15) is 99.0 Å². The van der Waals surface area contributed by atoms with Crippen LogP contribution in [0, 0.1) is 11.8 Å². The van der Waals surface area contributed by atoms with Gasteiger partial charge in [0.2, 0.25) is 11.8 Å². The number of nitrogens with zero attached hydrogens (tertiary/aromatic N) is 12. The summed E-state index contributed by atoms with van der Waals surface area (Å²) in [5.74, 6) is 1.20. The largest absolute Gasteiger partial charge is 0.496 e. The predicted molar refractivity (Wildman–Crippen MR) is 263 cm³/mol. The molecule has 70 heavy (non-hydrogen) atoms. The fourth-order valence-electron chi connectivity index (χ4n) is 10.1. The molecular formula is C50H58N14O6. The molecule has 2 aliphatic rings. The quantitative estimate of drug-likeness (QED) is 0.141. The summed E-state index contributed by atoms with van der Waals surface area (Å²) in [6.45, 7) is 7.65. The Bertz CT molecular complexity index is 3030. The molecule has 20 heteroatoms. The lowest BCUT2D eigenvalue weighted by atomic mass is 9.82. The molecule has 2 saturated carbocycles. The molecule has 8 aromatic rings. The van der Waals surface area contributed by atoms with E-state index in [9.17, 15) is 19.2 Å². The topological polar surface area (TPSA) is 213 Å². The van der Waals surface area contributed by atoms with Gasteiger partial charge in [0.25, 0.3) is 11.8 Å². The van der Waals surface area contributed by atoms with Gasteiger partial charge in [0.1, 0.15) is 22.9 Å². The minimum atomic E-state index is -0.307. The van der Waals surface area contributed by atoms with E-state index in [2.05, 4.69) is 44.6 Å². The number of methoxy groups -OCH3 is 2. The maximum atomic E-state index is 13.2. The molecule has 2 N–H and O–H groups in total. The molecule has 4 amide bonds. The van der Waals surface area contributed by atoms with Crippen molar-refractivity contribution in [3.8, 4) is 11.5 Å². The summed E-state index contributed by atoms with van der Waals surface area (Å²) in [4.78, 5) is 62.2. The number of aromatic nitrogens is 10. The van der Waals surface area contributed by atoms with Crippen molar-refractivity contribution in [1.29, 1.82) is 0 Å². The molecule has 2 aliphatic carbocycles. The number of carbonyl (C=O) groups excluding carboxylic acids is 4. The Kier molecular flexibility index (Phi) is 13.2. The van der Waals surface area contributed by atoms with Gasteiger partial charge in [-0.05, 0) is 74.6 Å². The Morgan fingerprint density at radius 3 is 1.41 bits per heavy atom. The number of rotatable bonds is 10. The number of carbonyl (C=O) groups is 4. The van der Waals surface area contributed by atoms with E-state index in [1.807, 2.05) is 57.8 Å². The van der Waals surface area contributed by atoms with Crippen LogP contribution in [0.15, 0.2) is 86.0 Å². The summed E-state index contributed by atoms with van der Waals surface area (Å²) in [6.07, 6.45) is 19.6. The lowest BCUT2D eigenvalue weighted by Gasteiger charge is -2.38. The minimum absolute atomic E-state index is 0.100. The third-order valence-electron chi connectivity index (χ3n) is 14.2. The normalized spacial score (nSPS) is 20.2. The van der Waals surface area contributed by atoms with E-state index in [1.165, 1.54) is 0 Å². The van der Waals surface area contributed by atoms with Crippen LogP contribution in [0.5, 0.6) is 11.5 Å². The first-order valence-electron chi connectivity index (χ1n) is 23.5. The maximum Gasteiger partial charge on any atom is 0.259 e. The van der Waals surface area contributed by atoms with Crippen LogP contribution in [0.25, 0.3) is 33.1 Å². The van der Waals surface area contributed by atoms with Crippen molar-refractivity contribution in [3.05, 3.63) is 97.1 Å². The van der Waals surface area contributed by atoms with E-state index in [1.54, 1.807) is 98.5 Å². The van der Waals surface area contributed by atoms with Gasteiger partial charge in [0.15, 0.2) is 11.3 Å². The smallest absolute Gasteiger partial charge is 0.259 e. The zero-order valence-electron chi connectivity index (χ0n) is 40.6. The van der Waals surface area contributed by atoms with Crippen LogP contribution >= 0.6 is 0 Å². The summed E-state index contributed by atoms with van der Waals surface area (Å²) < 4.78 is 18.3. The van der Waals surface area contributed by atoms with Crippen LogP contribution in [0.4, 0.5) is 11.4 Å². The number of anilines is 2. The fraction of sp³-hybridized carbons (Fsp3) is 0.400. The van der Waals surface area contributed by atoms with Gasteiger partial charge in [-0.2, -0.15) is 20.4 Å². The first-order valence-corrected chi connectivity index (χ1v) is 23.5. The van der Waals surface area contributed by atoms with Gasteiger partial charge in [-0.15, -0.1) is 0 Å². The Labute approximate surface area is 403 Å². The van der Waals surface area contributed by atoms with Gasteiger partial charge in [-0.25, -0.2) is 19.0 Å². The molecule has 2 fully saturated rings. The lowest BCUT2D eigenvalue weighted by Crippen LogP contribution is -2.41. The summed E-state index contributed by atoms with van der Waals surface area (Å²) >= 11 is 0. The molecule has 6 aromatic heterocycles. The van der Waals surface area contributed by atoms with Crippen LogP contribution in [-0.4, -0.2) is 123 Å². The first-order chi connectivity index (χ1) is 33.7. The number of hydrogen-bond acceptors (Lipinski definition) is 12. The fourth-order valence-corrected chi connectivity index (χ4v) is 10.1. The minimum Gasteiger partial charge on any atom is -0.496 e. The number of nitrogens with one attached hydrogen (secondary N) is 2. The van der Waals surface area contributed by atoms with Crippen LogP contribution < -0.4 is 20.1 Å². The second-order valence-electron chi connectivity index (χ2n) is 18.5. The Morgan fingerprint density at radius 1 is 0.629 bits per heavy atom. The number of benzene rings is 2. The summed E-state index contributed by atoms with van der Waals surface area (Å²) in [7, 11) is 6.84. The SMILES string of the molecule is COc1cc2nn([C@H]3CCC(N(C)C(C)=O)C[C@@H]3C)cc2cc1C(=O)Nc1cnn2cccnc12.COc1cc2nn([C@H]3CCC(N(C)C(C)=O)C[C@@H]3C)cc2cc1C(=O)Nc1cnn2cccnc12. The highest BCUT2D eigenvalue weighted by atomic mass is 16.5. The van der Waals surface area contributed by atoms with E-state index in [4.69, 9.17) is 19.7 Å². The molecule has 6 atom stereocenters. The maximum absolute atomic E-state index is 13.2. The molecule has 0 bridgehead atoms. The molecular weight excluding hydrogens is 893 g/mol. The van der Waals surface area contributed by atoms with Gasteiger partial charge >= 0.3 is 0 Å². The van der Waals surface area contributed by atoms with E-state index < -0.39 is 0 Å². The molecule has 20 nitrogen and oxygen atoms in total. The van der Waals surface area contributed by atoms with Crippen LogP contribution in [-0.2, 0) is 9.59 Å². The third-order valence-corrected chi connectivity index (χ3v) is 14.2.